The molecule has 1 atom stereocenters. The molecule has 1 aromatic heterocycles. The Morgan fingerprint density at radius 1 is 1.71 bits per heavy atom. The molecule has 0 saturated carbocycles. The third-order valence-corrected chi connectivity index (χ3v) is 2.48. The predicted octanol–water partition coefficient (Wildman–Crippen LogP) is 1.20. The first kappa shape index (κ1) is 13.0. The molecular formula is C12H15N3O2. The maximum atomic E-state index is 11.3. The first-order valence-electron chi connectivity index (χ1n) is 5.23. The molecule has 5 nitrogen and oxygen atoms in total. The van der Waals surface area contributed by atoms with Crippen LogP contribution in [0.4, 0.5) is 5.69 Å². The monoisotopic (exact) mass is 233 g/mol. The molecular weight excluding hydrogens is 218 g/mol. The summed E-state index contributed by atoms with van der Waals surface area (Å²) >= 11 is 0. The van der Waals surface area contributed by atoms with Gasteiger partial charge >= 0.3 is 5.97 Å². The van der Waals surface area contributed by atoms with Crippen LogP contribution in [0, 0.1) is 17.2 Å². The minimum atomic E-state index is -0.265. The Morgan fingerprint density at radius 3 is 3.00 bits per heavy atom. The Labute approximate surface area is 101 Å². The number of nitriles is 1. The zero-order chi connectivity index (χ0) is 12.8. The van der Waals surface area contributed by atoms with Crippen molar-refractivity contribution in [1.82, 2.24) is 4.98 Å². The highest BCUT2D eigenvalue weighted by Gasteiger charge is 2.17. The number of carbonyl (C=O) groups excluding carboxylic acids is 1. The van der Waals surface area contributed by atoms with Crippen molar-refractivity contribution in [2.75, 3.05) is 25.6 Å². The molecule has 1 aromatic rings. The second-order valence-electron chi connectivity index (χ2n) is 3.81. The van der Waals surface area contributed by atoms with E-state index in [0.29, 0.717) is 17.8 Å². The highest BCUT2D eigenvalue weighted by Crippen LogP contribution is 2.17. The summed E-state index contributed by atoms with van der Waals surface area (Å²) in [5, 5.41) is 8.96. The standard InChI is InChI=1S/C12H15N3O2/c1-9(12(16)17-3)8-15(2)11-7-14-5-4-10(11)6-13/h4-5,7,9H,8H2,1-3H3. The summed E-state index contributed by atoms with van der Waals surface area (Å²) in [6.07, 6.45) is 3.18. The molecule has 17 heavy (non-hydrogen) atoms. The fraction of sp³-hybridized carbons (Fsp3) is 0.417. The van der Waals surface area contributed by atoms with Crippen LogP contribution < -0.4 is 4.90 Å². The zero-order valence-corrected chi connectivity index (χ0v) is 10.2. The third kappa shape index (κ3) is 3.18. The summed E-state index contributed by atoms with van der Waals surface area (Å²) in [6, 6.07) is 3.74. The van der Waals surface area contributed by atoms with E-state index in [0.717, 1.165) is 0 Å². The quantitative estimate of drug-likeness (QED) is 0.731. The van der Waals surface area contributed by atoms with Crippen molar-refractivity contribution in [3.05, 3.63) is 24.0 Å². The maximum absolute atomic E-state index is 11.3. The molecule has 1 unspecified atom stereocenters. The minimum absolute atomic E-state index is 0.253. The highest BCUT2D eigenvalue weighted by molar-refractivity contribution is 5.73. The maximum Gasteiger partial charge on any atom is 0.310 e. The number of methoxy groups -OCH3 is 1. The number of nitrogens with zero attached hydrogens (tertiary/aromatic N) is 3. The van der Waals surface area contributed by atoms with E-state index in [-0.39, 0.29) is 11.9 Å². The lowest BCUT2D eigenvalue weighted by atomic mass is 10.1. The fourth-order valence-corrected chi connectivity index (χ4v) is 1.57. The van der Waals surface area contributed by atoms with E-state index >= 15 is 0 Å². The summed E-state index contributed by atoms with van der Waals surface area (Å²) in [6.45, 7) is 2.26. The van der Waals surface area contributed by atoms with Gasteiger partial charge in [0.15, 0.2) is 0 Å². The van der Waals surface area contributed by atoms with E-state index in [9.17, 15) is 4.79 Å². The third-order valence-electron chi connectivity index (χ3n) is 2.48. The molecule has 0 aliphatic rings. The smallest absolute Gasteiger partial charge is 0.310 e. The lowest BCUT2D eigenvalue weighted by molar-refractivity contribution is -0.144. The van der Waals surface area contributed by atoms with E-state index < -0.39 is 0 Å². The van der Waals surface area contributed by atoms with E-state index in [2.05, 4.69) is 15.8 Å². The Balaban J connectivity index is 2.80. The lowest BCUT2D eigenvalue weighted by Crippen LogP contribution is -2.29. The summed E-state index contributed by atoms with van der Waals surface area (Å²) in [5.74, 6) is -0.518. The molecule has 5 heteroatoms. The minimum Gasteiger partial charge on any atom is -0.469 e. The molecule has 0 aliphatic heterocycles. The Hall–Kier alpha value is -2.09. The van der Waals surface area contributed by atoms with E-state index in [1.807, 2.05) is 11.9 Å². The van der Waals surface area contributed by atoms with Crippen molar-refractivity contribution in [3.63, 3.8) is 0 Å². The van der Waals surface area contributed by atoms with E-state index in [4.69, 9.17) is 5.26 Å². The van der Waals surface area contributed by atoms with Gasteiger partial charge in [0.05, 0.1) is 30.5 Å². The first-order valence-corrected chi connectivity index (χ1v) is 5.23. The van der Waals surface area contributed by atoms with Crippen LogP contribution in [0.3, 0.4) is 0 Å². The Morgan fingerprint density at radius 2 is 2.41 bits per heavy atom. The molecule has 1 rings (SSSR count). The molecule has 0 N–H and O–H groups in total. The van der Waals surface area contributed by atoms with Gasteiger partial charge in [-0.05, 0) is 6.07 Å². The van der Waals surface area contributed by atoms with Gasteiger partial charge in [-0.3, -0.25) is 9.78 Å². The van der Waals surface area contributed by atoms with Crippen molar-refractivity contribution < 1.29 is 9.53 Å². The normalized spacial score (nSPS) is 11.4. The molecule has 0 bridgehead atoms. The fourth-order valence-electron chi connectivity index (χ4n) is 1.57. The predicted molar refractivity (Wildman–Crippen MR) is 63.4 cm³/mol. The number of pyridine rings is 1. The molecule has 1 heterocycles. The topological polar surface area (TPSA) is 66.2 Å². The van der Waals surface area contributed by atoms with Crippen LogP contribution in [0.15, 0.2) is 18.5 Å². The second kappa shape index (κ2) is 5.85. The van der Waals surface area contributed by atoms with Gasteiger partial charge in [-0.25, -0.2) is 0 Å². The molecule has 0 aliphatic carbocycles. The van der Waals surface area contributed by atoms with Crippen LogP contribution in [0.5, 0.6) is 0 Å². The largest absolute Gasteiger partial charge is 0.469 e. The van der Waals surface area contributed by atoms with Crippen LogP contribution in [-0.2, 0) is 9.53 Å². The highest BCUT2D eigenvalue weighted by atomic mass is 16.5. The lowest BCUT2D eigenvalue weighted by Gasteiger charge is -2.22. The number of aromatic nitrogens is 1. The van der Waals surface area contributed by atoms with Crippen LogP contribution in [0.2, 0.25) is 0 Å². The summed E-state index contributed by atoms with van der Waals surface area (Å²) in [5.41, 5.74) is 1.25. The SMILES string of the molecule is COC(=O)C(C)CN(C)c1cnccc1C#N. The molecule has 0 fully saturated rings. The van der Waals surface area contributed by atoms with Crippen molar-refractivity contribution in [2.24, 2.45) is 5.92 Å². The number of hydrogen-bond donors (Lipinski definition) is 0. The van der Waals surface area contributed by atoms with Gasteiger partial charge in [0.25, 0.3) is 0 Å². The van der Waals surface area contributed by atoms with Crippen LogP contribution in [0.25, 0.3) is 0 Å². The zero-order valence-electron chi connectivity index (χ0n) is 10.2. The van der Waals surface area contributed by atoms with Gasteiger partial charge in [0, 0.05) is 19.8 Å². The van der Waals surface area contributed by atoms with Crippen molar-refractivity contribution in [3.8, 4) is 6.07 Å². The van der Waals surface area contributed by atoms with Gasteiger partial charge in [-0.15, -0.1) is 0 Å². The van der Waals surface area contributed by atoms with E-state index in [1.165, 1.54) is 7.11 Å². The molecule has 0 amide bonds. The number of ether oxygens (including phenoxy) is 1. The van der Waals surface area contributed by atoms with Crippen molar-refractivity contribution in [1.29, 1.82) is 5.26 Å². The average molecular weight is 233 g/mol. The number of hydrogen-bond acceptors (Lipinski definition) is 5. The Bertz CT molecular complexity index is 440. The van der Waals surface area contributed by atoms with Gasteiger partial charge in [0.2, 0.25) is 0 Å². The van der Waals surface area contributed by atoms with Crippen LogP contribution in [-0.4, -0.2) is 31.7 Å². The van der Waals surface area contributed by atoms with Gasteiger partial charge < -0.3 is 9.64 Å². The molecule has 0 aromatic carbocycles. The average Bonchev–Trinajstić information content (AvgIpc) is 2.37. The molecule has 0 saturated heterocycles. The van der Waals surface area contributed by atoms with E-state index in [1.54, 1.807) is 25.4 Å². The second-order valence-corrected chi connectivity index (χ2v) is 3.81. The van der Waals surface area contributed by atoms with Gasteiger partial charge in [-0.1, -0.05) is 6.92 Å². The summed E-state index contributed by atoms with van der Waals surface area (Å²) in [4.78, 5) is 17.1. The summed E-state index contributed by atoms with van der Waals surface area (Å²) in [7, 11) is 3.18. The first-order chi connectivity index (χ1) is 8.10. The molecule has 90 valence electrons. The van der Waals surface area contributed by atoms with Gasteiger partial charge in [0.1, 0.15) is 6.07 Å². The number of esters is 1. The van der Waals surface area contributed by atoms with Gasteiger partial charge in [-0.2, -0.15) is 5.26 Å². The summed E-state index contributed by atoms with van der Waals surface area (Å²) < 4.78 is 4.66. The molecule has 0 spiro atoms. The number of anilines is 1. The van der Waals surface area contributed by atoms with Crippen molar-refractivity contribution in [2.45, 2.75) is 6.92 Å². The number of rotatable bonds is 4. The van der Waals surface area contributed by atoms with Crippen LogP contribution in [0.1, 0.15) is 12.5 Å². The van der Waals surface area contributed by atoms with Crippen LogP contribution >= 0.6 is 0 Å². The van der Waals surface area contributed by atoms with Crippen molar-refractivity contribution >= 4 is 11.7 Å². The molecule has 0 radical (unpaired) electrons. The Kier molecular flexibility index (Phi) is 4.46. The number of carbonyl (C=O) groups is 1.